The van der Waals surface area contributed by atoms with E-state index in [1.54, 1.807) is 0 Å². The number of hydrogen-bond acceptors (Lipinski definition) is 2. The SMILES string of the molecule is NC(N)=NC(=O)NC(c1ccccc1)c1ccccc1OCc1ccccc1. The Morgan fingerprint density at radius 3 is 2.18 bits per heavy atom. The molecule has 6 heteroatoms. The second kappa shape index (κ2) is 9.23. The number of amides is 2. The Balaban J connectivity index is 1.91. The molecule has 0 aliphatic carbocycles. The zero-order valence-electron chi connectivity index (χ0n) is 15.3. The molecule has 1 unspecified atom stereocenters. The number of nitrogens with two attached hydrogens (primary N) is 2. The van der Waals surface area contributed by atoms with E-state index in [9.17, 15) is 4.79 Å². The fraction of sp³-hybridized carbons (Fsp3) is 0.0909. The summed E-state index contributed by atoms with van der Waals surface area (Å²) in [6.07, 6.45) is 0. The van der Waals surface area contributed by atoms with Crippen molar-refractivity contribution in [3.63, 3.8) is 0 Å². The van der Waals surface area contributed by atoms with Crippen LogP contribution in [0.3, 0.4) is 0 Å². The molecule has 28 heavy (non-hydrogen) atoms. The highest BCUT2D eigenvalue weighted by atomic mass is 16.5. The normalized spacial score (nSPS) is 11.3. The summed E-state index contributed by atoms with van der Waals surface area (Å²) in [4.78, 5) is 15.8. The topological polar surface area (TPSA) is 103 Å². The van der Waals surface area contributed by atoms with Gasteiger partial charge < -0.3 is 21.5 Å². The van der Waals surface area contributed by atoms with Crippen LogP contribution in [0.5, 0.6) is 5.75 Å². The average Bonchev–Trinajstić information content (AvgIpc) is 2.72. The molecule has 0 aliphatic rings. The van der Waals surface area contributed by atoms with Gasteiger partial charge in [0.1, 0.15) is 12.4 Å². The smallest absolute Gasteiger partial charge is 0.344 e. The molecular formula is C22H22N4O2. The lowest BCUT2D eigenvalue weighted by Crippen LogP contribution is -2.31. The minimum atomic E-state index is -0.619. The Morgan fingerprint density at radius 1 is 0.893 bits per heavy atom. The van der Waals surface area contributed by atoms with Crippen molar-refractivity contribution in [3.8, 4) is 5.75 Å². The summed E-state index contributed by atoms with van der Waals surface area (Å²) in [6, 6.07) is 25.9. The molecule has 5 N–H and O–H groups in total. The molecule has 0 radical (unpaired) electrons. The van der Waals surface area contributed by atoms with Gasteiger partial charge in [0.25, 0.3) is 0 Å². The number of rotatable bonds is 6. The molecule has 0 spiro atoms. The lowest BCUT2D eigenvalue weighted by molar-refractivity contribution is 0.246. The highest BCUT2D eigenvalue weighted by molar-refractivity contribution is 5.90. The summed E-state index contributed by atoms with van der Waals surface area (Å²) in [5.74, 6) is 0.378. The second-order valence-electron chi connectivity index (χ2n) is 6.14. The van der Waals surface area contributed by atoms with Gasteiger partial charge in [-0.25, -0.2) is 4.79 Å². The van der Waals surface area contributed by atoms with E-state index in [0.717, 1.165) is 16.7 Å². The van der Waals surface area contributed by atoms with Gasteiger partial charge >= 0.3 is 6.03 Å². The quantitative estimate of drug-likeness (QED) is 0.455. The first-order chi connectivity index (χ1) is 13.6. The molecule has 3 rings (SSSR count). The van der Waals surface area contributed by atoms with E-state index in [4.69, 9.17) is 16.2 Å². The third kappa shape index (κ3) is 5.11. The number of aliphatic imine (C=N–C) groups is 1. The number of ether oxygens (including phenoxy) is 1. The van der Waals surface area contributed by atoms with Crippen LogP contribution in [0.1, 0.15) is 22.7 Å². The number of benzene rings is 3. The van der Waals surface area contributed by atoms with Gasteiger partial charge in [-0.2, -0.15) is 4.99 Å². The highest BCUT2D eigenvalue weighted by Crippen LogP contribution is 2.30. The Labute approximate surface area is 163 Å². The van der Waals surface area contributed by atoms with E-state index in [1.165, 1.54) is 0 Å². The third-order valence-corrected chi connectivity index (χ3v) is 4.10. The van der Waals surface area contributed by atoms with Crippen LogP contribution >= 0.6 is 0 Å². The lowest BCUT2D eigenvalue weighted by atomic mass is 9.98. The maximum atomic E-state index is 12.2. The van der Waals surface area contributed by atoms with Gasteiger partial charge in [0.2, 0.25) is 0 Å². The number of nitrogens with zero attached hydrogens (tertiary/aromatic N) is 1. The van der Waals surface area contributed by atoms with Crippen LogP contribution in [0.2, 0.25) is 0 Å². The number of urea groups is 1. The Bertz CT molecular complexity index is 939. The number of carbonyl (C=O) groups excluding carboxylic acids is 1. The molecule has 3 aromatic carbocycles. The van der Waals surface area contributed by atoms with Gasteiger partial charge in [-0.05, 0) is 17.2 Å². The summed E-state index contributed by atoms with van der Waals surface area (Å²) in [7, 11) is 0. The zero-order valence-corrected chi connectivity index (χ0v) is 15.3. The van der Waals surface area contributed by atoms with E-state index in [-0.39, 0.29) is 5.96 Å². The largest absolute Gasteiger partial charge is 0.489 e. The first-order valence-corrected chi connectivity index (χ1v) is 8.84. The molecule has 2 amide bonds. The van der Waals surface area contributed by atoms with Gasteiger partial charge in [-0.15, -0.1) is 0 Å². The van der Waals surface area contributed by atoms with Crippen molar-refractivity contribution in [2.24, 2.45) is 16.5 Å². The van der Waals surface area contributed by atoms with E-state index in [1.807, 2.05) is 84.9 Å². The maximum absolute atomic E-state index is 12.2. The molecule has 0 aliphatic heterocycles. The van der Waals surface area contributed by atoms with Crippen LogP contribution in [-0.2, 0) is 6.61 Å². The fourth-order valence-electron chi connectivity index (χ4n) is 2.84. The van der Waals surface area contributed by atoms with Crippen molar-refractivity contribution in [1.29, 1.82) is 0 Å². The molecule has 142 valence electrons. The molecule has 0 aromatic heterocycles. The van der Waals surface area contributed by atoms with Gasteiger partial charge in [-0.3, -0.25) is 0 Å². The number of para-hydroxylation sites is 1. The van der Waals surface area contributed by atoms with E-state index >= 15 is 0 Å². The molecule has 6 nitrogen and oxygen atoms in total. The Hall–Kier alpha value is -3.80. The van der Waals surface area contributed by atoms with Gasteiger partial charge in [0.15, 0.2) is 5.96 Å². The third-order valence-electron chi connectivity index (χ3n) is 4.10. The molecule has 0 saturated carbocycles. The summed E-state index contributed by atoms with van der Waals surface area (Å²) in [5, 5.41) is 2.85. The van der Waals surface area contributed by atoms with Crippen LogP contribution in [0, 0.1) is 0 Å². The summed E-state index contributed by atoms with van der Waals surface area (Å²) in [5.41, 5.74) is 13.4. The first-order valence-electron chi connectivity index (χ1n) is 8.84. The highest BCUT2D eigenvalue weighted by Gasteiger charge is 2.20. The minimum Gasteiger partial charge on any atom is -0.489 e. The predicted octanol–water partition coefficient (Wildman–Crippen LogP) is 3.34. The standard InChI is InChI=1S/C22H22N4O2/c23-21(24)26-22(27)25-20(17-11-5-2-6-12-17)18-13-7-8-14-19(18)28-15-16-9-3-1-4-10-16/h1-14,20H,15H2,(H5,23,24,25,26,27). The van der Waals surface area contributed by atoms with Crippen LogP contribution in [0.15, 0.2) is 89.9 Å². The van der Waals surface area contributed by atoms with Crippen molar-refractivity contribution in [1.82, 2.24) is 5.32 Å². The van der Waals surface area contributed by atoms with Crippen LogP contribution in [0.25, 0.3) is 0 Å². The first kappa shape index (κ1) is 19.0. The van der Waals surface area contributed by atoms with Crippen molar-refractivity contribution in [2.45, 2.75) is 12.6 Å². The van der Waals surface area contributed by atoms with E-state index in [0.29, 0.717) is 12.4 Å². The second-order valence-corrected chi connectivity index (χ2v) is 6.14. The monoisotopic (exact) mass is 374 g/mol. The fourth-order valence-corrected chi connectivity index (χ4v) is 2.84. The van der Waals surface area contributed by atoms with Crippen LogP contribution < -0.4 is 21.5 Å². The van der Waals surface area contributed by atoms with E-state index < -0.39 is 12.1 Å². The van der Waals surface area contributed by atoms with Gasteiger partial charge in [0, 0.05) is 5.56 Å². The van der Waals surface area contributed by atoms with Gasteiger partial charge in [0.05, 0.1) is 6.04 Å². The van der Waals surface area contributed by atoms with Crippen LogP contribution in [-0.4, -0.2) is 12.0 Å². The summed E-state index contributed by atoms with van der Waals surface area (Å²) in [6.45, 7) is 0.418. The lowest BCUT2D eigenvalue weighted by Gasteiger charge is -2.21. The zero-order chi connectivity index (χ0) is 19.8. The van der Waals surface area contributed by atoms with Crippen LogP contribution in [0.4, 0.5) is 4.79 Å². The predicted molar refractivity (Wildman–Crippen MR) is 110 cm³/mol. The molecule has 3 aromatic rings. The molecule has 0 fully saturated rings. The van der Waals surface area contributed by atoms with Gasteiger partial charge in [-0.1, -0.05) is 78.9 Å². The molecule has 0 heterocycles. The maximum Gasteiger partial charge on any atom is 0.344 e. The van der Waals surface area contributed by atoms with Crippen molar-refractivity contribution in [2.75, 3.05) is 0 Å². The van der Waals surface area contributed by atoms with Crippen molar-refractivity contribution >= 4 is 12.0 Å². The summed E-state index contributed by atoms with van der Waals surface area (Å²) >= 11 is 0. The van der Waals surface area contributed by atoms with Crippen molar-refractivity contribution < 1.29 is 9.53 Å². The summed E-state index contributed by atoms with van der Waals surface area (Å²) < 4.78 is 6.05. The number of carbonyl (C=O) groups is 1. The average molecular weight is 374 g/mol. The Morgan fingerprint density at radius 2 is 1.50 bits per heavy atom. The molecule has 0 saturated heterocycles. The van der Waals surface area contributed by atoms with Crippen molar-refractivity contribution in [3.05, 3.63) is 102 Å². The molecule has 0 bridgehead atoms. The minimum absolute atomic E-state index is 0.294. The number of guanidine groups is 1. The number of hydrogen-bond donors (Lipinski definition) is 3. The Kier molecular flexibility index (Phi) is 6.25. The van der Waals surface area contributed by atoms with E-state index in [2.05, 4.69) is 10.3 Å². The number of nitrogens with one attached hydrogen (secondary N) is 1. The molecular weight excluding hydrogens is 352 g/mol. The molecule has 1 atom stereocenters.